The normalized spacial score (nSPS) is 14.4. The first-order valence-corrected chi connectivity index (χ1v) is 5.26. The first kappa shape index (κ1) is 10.8. The highest BCUT2D eigenvalue weighted by Crippen LogP contribution is 2.35. The second-order valence-corrected chi connectivity index (χ2v) is 3.58. The van der Waals surface area contributed by atoms with Gasteiger partial charge in [0.1, 0.15) is 5.71 Å². The maximum Gasteiger partial charge on any atom is 0.166 e. The molecule has 0 amide bonds. The van der Waals surface area contributed by atoms with Crippen molar-refractivity contribution in [1.82, 2.24) is 0 Å². The molecule has 1 aliphatic rings. The van der Waals surface area contributed by atoms with Crippen LogP contribution in [0.3, 0.4) is 0 Å². The quantitative estimate of drug-likeness (QED) is 0.728. The van der Waals surface area contributed by atoms with E-state index in [0.717, 1.165) is 29.6 Å². The molecule has 0 aromatic heterocycles. The largest absolute Gasteiger partial charge is 0.296 e. The van der Waals surface area contributed by atoms with E-state index in [1.54, 1.807) is 12.2 Å². The van der Waals surface area contributed by atoms with Crippen LogP contribution in [0.4, 0.5) is 11.4 Å². The van der Waals surface area contributed by atoms with Crippen molar-refractivity contribution in [3.8, 4) is 0 Å². The Kier molecular flexibility index (Phi) is 3.01. The number of carbonyl (C=O) groups excluding carboxylic acids is 1. The lowest BCUT2D eigenvalue weighted by Crippen LogP contribution is -2.32. The Morgan fingerprint density at radius 3 is 3.00 bits per heavy atom. The number of benzene rings is 1. The Labute approximate surface area is 94.5 Å². The molecule has 0 radical (unpaired) electrons. The van der Waals surface area contributed by atoms with Crippen LogP contribution in [0.15, 0.2) is 23.2 Å². The van der Waals surface area contributed by atoms with Crippen LogP contribution in [0.1, 0.15) is 12.5 Å². The molecule has 1 heterocycles. The summed E-state index contributed by atoms with van der Waals surface area (Å²) in [5.41, 5.74) is 3.39. The van der Waals surface area contributed by atoms with Crippen LogP contribution in [0.5, 0.6) is 0 Å². The molecule has 0 saturated carbocycles. The number of aldehydes is 1. The topological polar surface area (TPSA) is 41.9 Å². The molecule has 0 bridgehead atoms. The number of aryl methyl sites for hydroxylation is 1. The molecule has 1 aliphatic heterocycles. The van der Waals surface area contributed by atoms with Gasteiger partial charge in [-0.05, 0) is 18.1 Å². The van der Waals surface area contributed by atoms with Crippen LogP contribution in [0.25, 0.3) is 0 Å². The lowest BCUT2D eigenvalue weighted by atomic mass is 10.1. The standard InChI is InChI=1S/C12H14N2O2/c1-3-9-5-4-6-11-12(9)13-10(8-15)7-14(11)16-2/h4-6,8H,3,7H2,1-2H3. The van der Waals surface area contributed by atoms with E-state index < -0.39 is 0 Å². The van der Waals surface area contributed by atoms with E-state index >= 15 is 0 Å². The molecule has 4 heteroatoms. The highest BCUT2D eigenvalue weighted by Gasteiger charge is 2.20. The Balaban J connectivity index is 2.57. The molecular weight excluding hydrogens is 204 g/mol. The number of hydrogen-bond acceptors (Lipinski definition) is 4. The number of anilines is 1. The molecule has 1 aromatic carbocycles. The maximum absolute atomic E-state index is 10.8. The number of hydrogen-bond donors (Lipinski definition) is 0. The molecule has 0 fully saturated rings. The van der Waals surface area contributed by atoms with Crippen molar-refractivity contribution in [3.05, 3.63) is 23.8 Å². The van der Waals surface area contributed by atoms with Crippen LogP contribution in [-0.4, -0.2) is 25.7 Å². The monoisotopic (exact) mass is 218 g/mol. The summed E-state index contributed by atoms with van der Waals surface area (Å²) in [5, 5.41) is 1.69. The number of hydroxylamine groups is 1. The van der Waals surface area contributed by atoms with Crippen molar-refractivity contribution in [2.45, 2.75) is 13.3 Å². The predicted molar refractivity (Wildman–Crippen MR) is 63.3 cm³/mol. The van der Waals surface area contributed by atoms with Gasteiger partial charge in [0.15, 0.2) is 6.29 Å². The first-order valence-electron chi connectivity index (χ1n) is 5.26. The molecule has 0 aliphatic carbocycles. The van der Waals surface area contributed by atoms with Gasteiger partial charge in [-0.15, -0.1) is 0 Å². The molecule has 0 spiro atoms. The summed E-state index contributed by atoms with van der Waals surface area (Å²) in [5.74, 6) is 0. The van der Waals surface area contributed by atoms with Crippen LogP contribution in [-0.2, 0) is 16.1 Å². The van der Waals surface area contributed by atoms with Gasteiger partial charge in [-0.3, -0.25) is 9.63 Å². The van der Waals surface area contributed by atoms with Gasteiger partial charge >= 0.3 is 0 Å². The zero-order valence-electron chi connectivity index (χ0n) is 9.43. The fraction of sp³-hybridized carbons (Fsp3) is 0.333. The van der Waals surface area contributed by atoms with Gasteiger partial charge in [0.05, 0.1) is 25.0 Å². The molecule has 2 rings (SSSR count). The second-order valence-electron chi connectivity index (χ2n) is 3.58. The third kappa shape index (κ3) is 1.72. The van der Waals surface area contributed by atoms with Crippen molar-refractivity contribution in [2.75, 3.05) is 18.7 Å². The molecule has 1 aromatic rings. The summed E-state index contributed by atoms with van der Waals surface area (Å²) in [6.07, 6.45) is 1.66. The Morgan fingerprint density at radius 2 is 2.38 bits per heavy atom. The van der Waals surface area contributed by atoms with Crippen LogP contribution in [0.2, 0.25) is 0 Å². The molecule has 4 nitrogen and oxygen atoms in total. The van der Waals surface area contributed by atoms with E-state index in [-0.39, 0.29) is 0 Å². The van der Waals surface area contributed by atoms with Crippen LogP contribution in [0, 0.1) is 0 Å². The lowest BCUT2D eigenvalue weighted by Gasteiger charge is -2.27. The number of fused-ring (bicyclic) bond motifs is 1. The number of rotatable bonds is 3. The number of carbonyl (C=O) groups is 1. The van der Waals surface area contributed by atoms with E-state index in [0.29, 0.717) is 12.3 Å². The summed E-state index contributed by atoms with van der Waals surface area (Å²) in [4.78, 5) is 20.4. The highest BCUT2D eigenvalue weighted by molar-refractivity contribution is 6.31. The van der Waals surface area contributed by atoms with Crippen molar-refractivity contribution < 1.29 is 9.63 Å². The average Bonchev–Trinajstić information content (AvgIpc) is 2.36. The Hall–Kier alpha value is -1.68. The summed E-state index contributed by atoms with van der Waals surface area (Å²) in [6.45, 7) is 2.47. The van der Waals surface area contributed by atoms with Gasteiger partial charge in [-0.2, -0.15) is 0 Å². The van der Waals surface area contributed by atoms with E-state index in [1.807, 2.05) is 18.2 Å². The molecule has 0 unspecified atom stereocenters. The number of nitrogens with zero attached hydrogens (tertiary/aromatic N) is 2. The van der Waals surface area contributed by atoms with E-state index in [2.05, 4.69) is 11.9 Å². The summed E-state index contributed by atoms with van der Waals surface area (Å²) in [6, 6.07) is 5.94. The highest BCUT2D eigenvalue weighted by atomic mass is 16.7. The molecular formula is C12H14N2O2. The Bertz CT molecular complexity index is 441. The Morgan fingerprint density at radius 1 is 1.56 bits per heavy atom. The second kappa shape index (κ2) is 4.45. The average molecular weight is 218 g/mol. The van der Waals surface area contributed by atoms with Crippen molar-refractivity contribution in [1.29, 1.82) is 0 Å². The van der Waals surface area contributed by atoms with Gasteiger partial charge in [0, 0.05) is 0 Å². The number of aliphatic imine (C=N–C) groups is 1. The molecule has 0 N–H and O–H groups in total. The third-order valence-corrected chi connectivity index (χ3v) is 2.67. The SMILES string of the molecule is CCc1cccc2c1N=C(C=O)CN2OC. The fourth-order valence-corrected chi connectivity index (χ4v) is 1.83. The zero-order valence-corrected chi connectivity index (χ0v) is 9.43. The van der Waals surface area contributed by atoms with Gasteiger partial charge < -0.3 is 0 Å². The van der Waals surface area contributed by atoms with Gasteiger partial charge in [-0.1, -0.05) is 19.1 Å². The predicted octanol–water partition coefficient (Wildman–Crippen LogP) is 1.90. The summed E-state index contributed by atoms with van der Waals surface area (Å²) >= 11 is 0. The van der Waals surface area contributed by atoms with Gasteiger partial charge in [0.25, 0.3) is 0 Å². The minimum atomic E-state index is 0.403. The third-order valence-electron chi connectivity index (χ3n) is 2.67. The van der Waals surface area contributed by atoms with Gasteiger partial charge in [-0.25, -0.2) is 10.1 Å². The lowest BCUT2D eigenvalue weighted by molar-refractivity contribution is -0.102. The van der Waals surface area contributed by atoms with Crippen molar-refractivity contribution >= 4 is 23.4 Å². The zero-order chi connectivity index (χ0) is 11.5. The minimum Gasteiger partial charge on any atom is -0.296 e. The van der Waals surface area contributed by atoms with E-state index in [4.69, 9.17) is 4.84 Å². The molecule has 0 saturated heterocycles. The maximum atomic E-state index is 10.8. The summed E-state index contributed by atoms with van der Waals surface area (Å²) < 4.78 is 0. The van der Waals surface area contributed by atoms with Crippen LogP contribution >= 0.6 is 0 Å². The number of para-hydroxylation sites is 1. The molecule has 84 valence electrons. The van der Waals surface area contributed by atoms with Crippen molar-refractivity contribution in [2.24, 2.45) is 4.99 Å². The smallest absolute Gasteiger partial charge is 0.166 e. The van der Waals surface area contributed by atoms with E-state index in [9.17, 15) is 4.79 Å². The van der Waals surface area contributed by atoms with Crippen LogP contribution < -0.4 is 5.06 Å². The summed E-state index contributed by atoms with van der Waals surface area (Å²) in [7, 11) is 1.59. The molecule has 0 atom stereocenters. The van der Waals surface area contributed by atoms with Crippen molar-refractivity contribution in [3.63, 3.8) is 0 Å². The first-order chi connectivity index (χ1) is 7.80. The van der Waals surface area contributed by atoms with E-state index in [1.165, 1.54) is 0 Å². The molecule has 16 heavy (non-hydrogen) atoms. The van der Waals surface area contributed by atoms with Gasteiger partial charge in [0.2, 0.25) is 0 Å². The fourth-order valence-electron chi connectivity index (χ4n) is 1.83. The minimum absolute atomic E-state index is 0.403.